The highest BCUT2D eigenvalue weighted by Crippen LogP contribution is 2.25. The van der Waals surface area contributed by atoms with Crippen molar-refractivity contribution in [2.45, 2.75) is 45.6 Å². The van der Waals surface area contributed by atoms with E-state index in [1.165, 1.54) is 6.33 Å². The third-order valence-electron chi connectivity index (χ3n) is 3.64. The lowest BCUT2D eigenvalue weighted by Crippen LogP contribution is -2.31. The second-order valence-electron chi connectivity index (χ2n) is 5.49. The number of benzene rings is 1. The van der Waals surface area contributed by atoms with Gasteiger partial charge in [-0.3, -0.25) is 4.79 Å². The minimum atomic E-state index is -0.510. The Labute approximate surface area is 119 Å². The highest BCUT2D eigenvalue weighted by atomic mass is 16.1. The number of Topliss-reactive ketones (excluding diaryl/α,β-unsaturated/α-hetero) is 1. The third kappa shape index (κ3) is 2.95. The van der Waals surface area contributed by atoms with Gasteiger partial charge >= 0.3 is 0 Å². The van der Waals surface area contributed by atoms with Gasteiger partial charge in [0.25, 0.3) is 0 Å². The van der Waals surface area contributed by atoms with Gasteiger partial charge in [0.2, 0.25) is 0 Å². The molecule has 20 heavy (non-hydrogen) atoms. The topological polar surface area (TPSA) is 47.8 Å². The molecule has 0 bridgehead atoms. The lowest BCUT2D eigenvalue weighted by molar-refractivity contribution is -0.123. The van der Waals surface area contributed by atoms with Crippen molar-refractivity contribution in [1.29, 1.82) is 0 Å². The molecule has 106 valence electrons. The maximum atomic E-state index is 12.6. The van der Waals surface area contributed by atoms with Crippen LogP contribution in [-0.2, 0) is 23.2 Å². The average Bonchev–Trinajstić information content (AvgIpc) is 2.87. The Morgan fingerprint density at radius 1 is 1.25 bits per heavy atom. The smallest absolute Gasteiger partial charge is 0.150 e. The van der Waals surface area contributed by atoms with E-state index >= 15 is 0 Å². The Kier molecular flexibility index (Phi) is 4.32. The Balaban J connectivity index is 2.17. The van der Waals surface area contributed by atoms with Crippen molar-refractivity contribution in [3.05, 3.63) is 48.0 Å². The molecular weight excluding hydrogens is 250 g/mol. The highest BCUT2D eigenvalue weighted by molar-refractivity contribution is 5.90. The maximum Gasteiger partial charge on any atom is 0.150 e. The van der Waals surface area contributed by atoms with Crippen LogP contribution in [-0.4, -0.2) is 20.5 Å². The molecule has 0 spiro atoms. The van der Waals surface area contributed by atoms with Gasteiger partial charge in [-0.05, 0) is 25.8 Å². The molecule has 1 aromatic heterocycles. The fourth-order valence-electron chi connectivity index (χ4n) is 2.20. The number of ketones is 1. The molecule has 0 radical (unpaired) electrons. The molecule has 1 aromatic carbocycles. The van der Waals surface area contributed by atoms with Crippen molar-refractivity contribution < 1.29 is 4.79 Å². The number of hydrogen-bond acceptors (Lipinski definition) is 3. The molecule has 0 aliphatic carbocycles. The first-order chi connectivity index (χ1) is 9.55. The zero-order valence-electron chi connectivity index (χ0n) is 12.3. The van der Waals surface area contributed by atoms with E-state index in [2.05, 4.69) is 17.0 Å². The Hall–Kier alpha value is -1.97. The summed E-state index contributed by atoms with van der Waals surface area (Å²) in [5.41, 5.74) is 0.524. The average molecular weight is 271 g/mol. The Bertz CT molecular complexity index is 572. The van der Waals surface area contributed by atoms with Gasteiger partial charge in [0.1, 0.15) is 17.9 Å². The van der Waals surface area contributed by atoms with Gasteiger partial charge in [-0.2, -0.15) is 5.10 Å². The van der Waals surface area contributed by atoms with E-state index in [-0.39, 0.29) is 5.78 Å². The monoisotopic (exact) mass is 271 g/mol. The fraction of sp³-hybridized carbons (Fsp3) is 0.438. The van der Waals surface area contributed by atoms with Crippen LogP contribution in [0.3, 0.4) is 0 Å². The first-order valence-electron chi connectivity index (χ1n) is 7.01. The van der Waals surface area contributed by atoms with E-state index in [9.17, 15) is 4.79 Å². The van der Waals surface area contributed by atoms with Crippen LogP contribution in [0.4, 0.5) is 0 Å². The largest absolute Gasteiger partial charge is 0.298 e. The molecular formula is C16H21N3O. The summed E-state index contributed by atoms with van der Waals surface area (Å²) in [5, 5.41) is 4.17. The summed E-state index contributed by atoms with van der Waals surface area (Å²) in [7, 11) is 0. The minimum Gasteiger partial charge on any atom is -0.298 e. The predicted octanol–water partition coefficient (Wildman–Crippen LogP) is 2.78. The summed E-state index contributed by atoms with van der Waals surface area (Å²) in [6, 6.07) is 9.87. The van der Waals surface area contributed by atoms with Crippen LogP contribution in [0.1, 0.15) is 38.6 Å². The molecule has 0 aliphatic heterocycles. The Morgan fingerprint density at radius 2 is 1.95 bits per heavy atom. The summed E-state index contributed by atoms with van der Waals surface area (Å²) in [4.78, 5) is 16.8. The van der Waals surface area contributed by atoms with Crippen molar-refractivity contribution in [1.82, 2.24) is 14.8 Å². The quantitative estimate of drug-likeness (QED) is 0.811. The predicted molar refractivity (Wildman–Crippen MR) is 78.5 cm³/mol. The van der Waals surface area contributed by atoms with Gasteiger partial charge in [0.05, 0.1) is 6.42 Å². The van der Waals surface area contributed by atoms with E-state index in [0.29, 0.717) is 6.42 Å². The summed E-state index contributed by atoms with van der Waals surface area (Å²) >= 11 is 0. The minimum absolute atomic E-state index is 0.161. The van der Waals surface area contributed by atoms with E-state index in [0.717, 1.165) is 24.4 Å². The molecule has 0 fully saturated rings. The molecule has 4 nitrogen and oxygen atoms in total. The molecule has 0 N–H and O–H groups in total. The summed E-state index contributed by atoms with van der Waals surface area (Å²) < 4.78 is 1.82. The second kappa shape index (κ2) is 5.99. The lowest BCUT2D eigenvalue weighted by Gasteiger charge is -2.23. The summed E-state index contributed by atoms with van der Waals surface area (Å²) in [6.07, 6.45) is 2.82. The van der Waals surface area contributed by atoms with Crippen LogP contribution >= 0.6 is 0 Å². The SMILES string of the molecule is CCCn1ncnc1CC(=O)C(C)(C)c1ccccc1. The van der Waals surface area contributed by atoms with Gasteiger partial charge in [0, 0.05) is 12.0 Å². The molecule has 2 rings (SSSR count). The molecule has 0 amide bonds. The van der Waals surface area contributed by atoms with E-state index in [1.807, 2.05) is 48.9 Å². The first kappa shape index (κ1) is 14.4. The number of hydrogen-bond donors (Lipinski definition) is 0. The molecule has 1 heterocycles. The lowest BCUT2D eigenvalue weighted by atomic mass is 9.79. The van der Waals surface area contributed by atoms with Crippen LogP contribution in [0.25, 0.3) is 0 Å². The standard InChI is InChI=1S/C16H21N3O/c1-4-10-19-15(17-12-18-19)11-14(20)16(2,3)13-8-6-5-7-9-13/h5-9,12H,4,10-11H2,1-3H3. The summed E-state index contributed by atoms with van der Waals surface area (Å²) in [5.74, 6) is 0.912. The zero-order chi connectivity index (χ0) is 14.6. The van der Waals surface area contributed by atoms with E-state index in [1.54, 1.807) is 0 Å². The first-order valence-corrected chi connectivity index (χ1v) is 7.01. The third-order valence-corrected chi connectivity index (χ3v) is 3.64. The van der Waals surface area contributed by atoms with Crippen molar-refractivity contribution in [3.8, 4) is 0 Å². The zero-order valence-corrected chi connectivity index (χ0v) is 12.3. The van der Waals surface area contributed by atoms with Crippen LogP contribution in [0.5, 0.6) is 0 Å². The molecule has 0 saturated carbocycles. The van der Waals surface area contributed by atoms with Crippen molar-refractivity contribution in [2.24, 2.45) is 0 Å². The van der Waals surface area contributed by atoms with E-state index < -0.39 is 5.41 Å². The number of aryl methyl sites for hydroxylation is 1. The van der Waals surface area contributed by atoms with Crippen LogP contribution in [0.15, 0.2) is 36.7 Å². The van der Waals surface area contributed by atoms with Crippen molar-refractivity contribution in [3.63, 3.8) is 0 Å². The fourth-order valence-corrected chi connectivity index (χ4v) is 2.20. The second-order valence-corrected chi connectivity index (χ2v) is 5.49. The molecule has 4 heteroatoms. The van der Waals surface area contributed by atoms with Gasteiger partial charge < -0.3 is 0 Å². The molecule has 2 aromatic rings. The van der Waals surface area contributed by atoms with Gasteiger partial charge in [-0.1, -0.05) is 37.3 Å². The Morgan fingerprint density at radius 3 is 2.60 bits per heavy atom. The highest BCUT2D eigenvalue weighted by Gasteiger charge is 2.30. The normalized spacial score (nSPS) is 11.6. The summed E-state index contributed by atoms with van der Waals surface area (Å²) in [6.45, 7) is 6.81. The number of aromatic nitrogens is 3. The van der Waals surface area contributed by atoms with Crippen LogP contribution in [0.2, 0.25) is 0 Å². The van der Waals surface area contributed by atoms with E-state index in [4.69, 9.17) is 0 Å². The van der Waals surface area contributed by atoms with Crippen LogP contribution < -0.4 is 0 Å². The van der Waals surface area contributed by atoms with Crippen molar-refractivity contribution >= 4 is 5.78 Å². The number of nitrogens with zero attached hydrogens (tertiary/aromatic N) is 3. The molecule has 0 aliphatic rings. The maximum absolute atomic E-state index is 12.6. The van der Waals surface area contributed by atoms with Gasteiger partial charge in [0.15, 0.2) is 0 Å². The molecule has 0 saturated heterocycles. The van der Waals surface area contributed by atoms with Gasteiger partial charge in [-0.25, -0.2) is 9.67 Å². The number of rotatable bonds is 6. The van der Waals surface area contributed by atoms with Gasteiger partial charge in [-0.15, -0.1) is 0 Å². The van der Waals surface area contributed by atoms with Crippen molar-refractivity contribution in [2.75, 3.05) is 0 Å². The number of carbonyl (C=O) groups is 1. The molecule has 0 atom stereocenters. The van der Waals surface area contributed by atoms with Crippen LogP contribution in [0, 0.1) is 0 Å². The molecule has 0 unspecified atom stereocenters. The number of carbonyl (C=O) groups excluding carboxylic acids is 1.